The smallest absolute Gasteiger partial charge is 0.251 e. The van der Waals surface area contributed by atoms with E-state index in [4.69, 9.17) is 0 Å². The zero-order valence-electron chi connectivity index (χ0n) is 14.1. The topological polar surface area (TPSA) is 32.3 Å². The van der Waals surface area contributed by atoms with Gasteiger partial charge in [0, 0.05) is 22.3 Å². The summed E-state index contributed by atoms with van der Waals surface area (Å²) in [6.45, 7) is 2.11. The Kier molecular flexibility index (Phi) is 5.94. The van der Waals surface area contributed by atoms with Crippen LogP contribution in [0, 0.1) is 0 Å². The maximum absolute atomic E-state index is 12.4. The molecule has 0 aromatic heterocycles. The maximum atomic E-state index is 12.4. The van der Waals surface area contributed by atoms with Gasteiger partial charge in [0.05, 0.1) is 0 Å². The quantitative estimate of drug-likeness (QED) is 0.840. The molecule has 3 nitrogen and oxygen atoms in total. The van der Waals surface area contributed by atoms with Crippen molar-refractivity contribution in [1.29, 1.82) is 0 Å². The van der Waals surface area contributed by atoms with E-state index in [2.05, 4.69) is 53.7 Å². The van der Waals surface area contributed by atoms with Crippen LogP contribution in [0.15, 0.2) is 59.5 Å². The predicted molar refractivity (Wildman–Crippen MR) is 100 cm³/mol. The molecule has 1 N–H and O–H groups in total. The summed E-state index contributed by atoms with van der Waals surface area (Å²) < 4.78 is 0. The van der Waals surface area contributed by atoms with Crippen molar-refractivity contribution >= 4 is 17.7 Å². The first-order valence-electron chi connectivity index (χ1n) is 8.47. The van der Waals surface area contributed by atoms with E-state index >= 15 is 0 Å². The zero-order chi connectivity index (χ0) is 16.8. The van der Waals surface area contributed by atoms with E-state index in [0.29, 0.717) is 6.04 Å². The molecule has 2 aromatic carbocycles. The number of carbonyl (C=O) groups is 1. The fourth-order valence-corrected chi connectivity index (χ4v) is 3.73. The van der Waals surface area contributed by atoms with Gasteiger partial charge in [-0.3, -0.25) is 4.79 Å². The van der Waals surface area contributed by atoms with Gasteiger partial charge in [-0.25, -0.2) is 0 Å². The van der Waals surface area contributed by atoms with Crippen LogP contribution in [0.1, 0.15) is 28.8 Å². The molecule has 126 valence electrons. The van der Waals surface area contributed by atoms with Crippen molar-refractivity contribution in [1.82, 2.24) is 10.2 Å². The molecule has 2 aromatic rings. The van der Waals surface area contributed by atoms with Gasteiger partial charge in [-0.2, -0.15) is 0 Å². The molecule has 3 rings (SSSR count). The third-order valence-electron chi connectivity index (χ3n) is 4.42. The first-order chi connectivity index (χ1) is 11.7. The van der Waals surface area contributed by atoms with Crippen molar-refractivity contribution < 1.29 is 4.79 Å². The molecule has 1 amide bonds. The molecule has 0 atom stereocenters. The fourth-order valence-electron chi connectivity index (χ4n) is 2.86. The van der Waals surface area contributed by atoms with Gasteiger partial charge in [-0.1, -0.05) is 30.3 Å². The average Bonchev–Trinajstić information content (AvgIpc) is 2.63. The summed E-state index contributed by atoms with van der Waals surface area (Å²) in [6, 6.07) is 18.7. The van der Waals surface area contributed by atoms with Gasteiger partial charge in [-0.15, -0.1) is 11.8 Å². The van der Waals surface area contributed by atoms with Gasteiger partial charge in [0.2, 0.25) is 0 Å². The number of piperidine rings is 1. The number of benzene rings is 2. The molecular formula is C20H24N2OS. The Morgan fingerprint density at radius 2 is 1.75 bits per heavy atom. The minimum Gasteiger partial charge on any atom is -0.349 e. The number of hydrogen-bond acceptors (Lipinski definition) is 3. The Bertz CT molecular complexity index is 649. The fraction of sp³-hybridized carbons (Fsp3) is 0.350. The summed E-state index contributed by atoms with van der Waals surface area (Å²) in [7, 11) is 2.13. The van der Waals surface area contributed by atoms with Crippen LogP contribution < -0.4 is 5.32 Å². The SMILES string of the molecule is CN1CCC(NC(=O)c2ccc(CSc3ccccc3)cc2)CC1. The van der Waals surface area contributed by atoms with E-state index in [1.54, 1.807) is 0 Å². The molecule has 1 aliphatic heterocycles. The lowest BCUT2D eigenvalue weighted by atomic mass is 10.0. The molecule has 0 bridgehead atoms. The van der Waals surface area contributed by atoms with Gasteiger partial charge >= 0.3 is 0 Å². The molecule has 1 fully saturated rings. The second-order valence-corrected chi connectivity index (χ2v) is 7.40. The summed E-state index contributed by atoms with van der Waals surface area (Å²) >= 11 is 1.81. The maximum Gasteiger partial charge on any atom is 0.251 e. The normalized spacial score (nSPS) is 16.0. The Morgan fingerprint density at radius 1 is 1.08 bits per heavy atom. The van der Waals surface area contributed by atoms with E-state index < -0.39 is 0 Å². The lowest BCUT2D eigenvalue weighted by Gasteiger charge is -2.29. The van der Waals surface area contributed by atoms with Crippen LogP contribution in [-0.4, -0.2) is 37.0 Å². The van der Waals surface area contributed by atoms with Crippen molar-refractivity contribution in [2.75, 3.05) is 20.1 Å². The van der Waals surface area contributed by atoms with E-state index in [1.807, 2.05) is 30.0 Å². The highest BCUT2D eigenvalue weighted by Gasteiger charge is 2.18. The number of hydrogen-bond donors (Lipinski definition) is 1. The third-order valence-corrected chi connectivity index (χ3v) is 5.50. The predicted octanol–water partition coefficient (Wildman–Crippen LogP) is 3.80. The molecule has 0 unspecified atom stereocenters. The van der Waals surface area contributed by atoms with Crippen LogP contribution >= 0.6 is 11.8 Å². The molecule has 1 heterocycles. The highest BCUT2D eigenvalue weighted by atomic mass is 32.2. The molecule has 0 aliphatic carbocycles. The number of carbonyl (C=O) groups excluding carboxylic acids is 1. The van der Waals surface area contributed by atoms with Crippen molar-refractivity contribution in [2.24, 2.45) is 0 Å². The molecule has 1 aliphatic rings. The largest absolute Gasteiger partial charge is 0.349 e. The second kappa shape index (κ2) is 8.36. The molecule has 1 saturated heterocycles. The first-order valence-corrected chi connectivity index (χ1v) is 9.45. The average molecular weight is 340 g/mol. The van der Waals surface area contributed by atoms with Gasteiger partial charge in [0.15, 0.2) is 0 Å². The standard InChI is InChI=1S/C20H24N2OS/c1-22-13-11-18(12-14-22)21-20(23)17-9-7-16(8-10-17)15-24-19-5-3-2-4-6-19/h2-10,18H,11-15H2,1H3,(H,21,23). The van der Waals surface area contributed by atoms with E-state index in [9.17, 15) is 4.79 Å². The van der Waals surface area contributed by atoms with E-state index in [0.717, 1.165) is 37.2 Å². The van der Waals surface area contributed by atoms with E-state index in [1.165, 1.54) is 10.5 Å². The first kappa shape index (κ1) is 17.1. The van der Waals surface area contributed by atoms with Crippen LogP contribution in [-0.2, 0) is 5.75 Å². The minimum absolute atomic E-state index is 0.0480. The van der Waals surface area contributed by atoms with Crippen LogP contribution in [0.25, 0.3) is 0 Å². The van der Waals surface area contributed by atoms with Gasteiger partial charge in [0.1, 0.15) is 0 Å². The number of nitrogens with one attached hydrogen (secondary N) is 1. The molecule has 0 spiro atoms. The van der Waals surface area contributed by atoms with Gasteiger partial charge < -0.3 is 10.2 Å². The molecule has 4 heteroatoms. The third kappa shape index (κ3) is 4.86. The van der Waals surface area contributed by atoms with Crippen molar-refractivity contribution in [3.63, 3.8) is 0 Å². The number of likely N-dealkylation sites (tertiary alicyclic amines) is 1. The van der Waals surface area contributed by atoms with Crippen molar-refractivity contribution in [2.45, 2.75) is 29.5 Å². The number of amides is 1. The number of thioether (sulfide) groups is 1. The van der Waals surface area contributed by atoms with Crippen LogP contribution in [0.5, 0.6) is 0 Å². The summed E-state index contributed by atoms with van der Waals surface area (Å²) in [5, 5.41) is 3.16. The number of nitrogens with zero attached hydrogens (tertiary/aromatic N) is 1. The van der Waals surface area contributed by atoms with Crippen LogP contribution in [0.4, 0.5) is 0 Å². The Hall–Kier alpha value is -1.78. The highest BCUT2D eigenvalue weighted by molar-refractivity contribution is 7.98. The monoisotopic (exact) mass is 340 g/mol. The Labute approximate surface area is 148 Å². The molecule has 0 saturated carbocycles. The number of rotatable bonds is 5. The molecular weight excluding hydrogens is 316 g/mol. The summed E-state index contributed by atoms with van der Waals surface area (Å²) in [5.41, 5.74) is 1.99. The highest BCUT2D eigenvalue weighted by Crippen LogP contribution is 2.22. The van der Waals surface area contributed by atoms with Gasteiger partial charge in [-0.05, 0) is 62.8 Å². The second-order valence-electron chi connectivity index (χ2n) is 6.35. The van der Waals surface area contributed by atoms with Gasteiger partial charge in [0.25, 0.3) is 5.91 Å². The summed E-state index contributed by atoms with van der Waals surface area (Å²) in [6.07, 6.45) is 2.07. The molecule has 0 radical (unpaired) electrons. The molecule has 24 heavy (non-hydrogen) atoms. The van der Waals surface area contributed by atoms with Crippen molar-refractivity contribution in [3.05, 3.63) is 65.7 Å². The van der Waals surface area contributed by atoms with E-state index in [-0.39, 0.29) is 5.91 Å². The lowest BCUT2D eigenvalue weighted by molar-refractivity contribution is 0.0917. The summed E-state index contributed by atoms with van der Waals surface area (Å²) in [5.74, 6) is 0.966. The lowest BCUT2D eigenvalue weighted by Crippen LogP contribution is -2.43. The van der Waals surface area contributed by atoms with Crippen molar-refractivity contribution in [3.8, 4) is 0 Å². The summed E-state index contributed by atoms with van der Waals surface area (Å²) in [4.78, 5) is 15.9. The van der Waals surface area contributed by atoms with Crippen LogP contribution in [0.2, 0.25) is 0 Å². The minimum atomic E-state index is 0.0480. The Morgan fingerprint density at radius 3 is 2.42 bits per heavy atom. The van der Waals surface area contributed by atoms with Crippen LogP contribution in [0.3, 0.4) is 0 Å². The Balaban J connectivity index is 1.51. The zero-order valence-corrected chi connectivity index (χ0v) is 14.9.